The molecule has 1 aromatic heterocycles. The van der Waals surface area contributed by atoms with Crippen LogP contribution in [0.15, 0.2) is 18.2 Å². The highest BCUT2D eigenvalue weighted by atomic mass is 35.5. The second kappa shape index (κ2) is 8.48. The lowest BCUT2D eigenvalue weighted by atomic mass is 9.49. The summed E-state index contributed by atoms with van der Waals surface area (Å²) in [6.07, 6.45) is 15.1. The minimum absolute atomic E-state index is 0.0302. The molecule has 2 aromatic rings. The minimum Gasteiger partial charge on any atom is -0.217 e. The quantitative estimate of drug-likeness (QED) is 0.417. The Kier molecular flexibility index (Phi) is 5.55. The standard InChI is InChI=1S/C31H39ClFN3/c1-3-30(13-19-6-18(2)7-20(8-19)14-30)28-34-27(25-12-24(32)4-5-26(25)33)35-29(36-28)31-15-21-9-22(16-31)11-23(10-21)17-31/h4-5,12,18-23H,3,6-11,13-17H2,1-2H3. The molecule has 0 N–H and O–H groups in total. The molecule has 1 heterocycles. The van der Waals surface area contributed by atoms with E-state index < -0.39 is 0 Å². The van der Waals surface area contributed by atoms with E-state index in [1.165, 1.54) is 63.9 Å². The van der Waals surface area contributed by atoms with Gasteiger partial charge in [0, 0.05) is 15.9 Å². The van der Waals surface area contributed by atoms with Crippen LogP contribution in [0.25, 0.3) is 11.4 Å². The molecule has 0 amide bonds. The molecule has 6 saturated carbocycles. The SMILES string of the molecule is CCC1(c2nc(-c3cc(Cl)ccc3F)nc(C34CC5CC(CC(C5)C3)C4)n2)CC2CC(C)CC(C2)C1. The molecule has 0 spiro atoms. The summed E-state index contributed by atoms with van der Waals surface area (Å²) in [5.41, 5.74) is 0.440. The molecule has 0 radical (unpaired) electrons. The number of hydrogen-bond donors (Lipinski definition) is 0. The fraction of sp³-hybridized carbons (Fsp3) is 0.710. The minimum atomic E-state index is -0.298. The van der Waals surface area contributed by atoms with Gasteiger partial charge in [0.05, 0.1) is 5.56 Å². The molecule has 2 atom stereocenters. The Morgan fingerprint density at radius 2 is 1.36 bits per heavy atom. The van der Waals surface area contributed by atoms with Gasteiger partial charge in [0.1, 0.15) is 17.5 Å². The number of fused-ring (bicyclic) bond motifs is 2. The number of nitrogens with zero attached hydrogens (tertiary/aromatic N) is 3. The number of hydrogen-bond acceptors (Lipinski definition) is 3. The maximum absolute atomic E-state index is 15.2. The van der Waals surface area contributed by atoms with Crippen molar-refractivity contribution in [1.82, 2.24) is 15.0 Å². The third-order valence-electron chi connectivity index (χ3n) is 11.0. The van der Waals surface area contributed by atoms with Crippen molar-refractivity contribution in [3.05, 3.63) is 40.7 Å². The summed E-state index contributed by atoms with van der Waals surface area (Å²) in [6, 6.07) is 4.77. The molecule has 6 aliphatic rings. The van der Waals surface area contributed by atoms with Gasteiger partial charge >= 0.3 is 0 Å². The molecule has 1 aromatic carbocycles. The summed E-state index contributed by atoms with van der Waals surface area (Å²) in [5.74, 6) is 6.85. The summed E-state index contributed by atoms with van der Waals surface area (Å²) >= 11 is 6.35. The van der Waals surface area contributed by atoms with Crippen LogP contribution in [0.1, 0.15) is 103 Å². The summed E-state index contributed by atoms with van der Waals surface area (Å²) < 4.78 is 15.2. The van der Waals surface area contributed by atoms with Crippen molar-refractivity contribution in [2.24, 2.45) is 35.5 Å². The third kappa shape index (κ3) is 3.84. The summed E-state index contributed by atoms with van der Waals surface area (Å²) in [6.45, 7) is 4.74. The van der Waals surface area contributed by atoms with Crippen molar-refractivity contribution < 1.29 is 4.39 Å². The highest BCUT2D eigenvalue weighted by molar-refractivity contribution is 6.30. The summed E-state index contributed by atoms with van der Waals surface area (Å²) in [7, 11) is 0. The van der Waals surface area contributed by atoms with Crippen LogP contribution in [0.4, 0.5) is 4.39 Å². The zero-order valence-electron chi connectivity index (χ0n) is 21.8. The zero-order valence-corrected chi connectivity index (χ0v) is 22.5. The number of aromatic nitrogens is 3. The average Bonchev–Trinajstić information content (AvgIpc) is 2.83. The first-order valence-electron chi connectivity index (χ1n) is 14.6. The van der Waals surface area contributed by atoms with E-state index in [0.29, 0.717) is 16.4 Å². The first kappa shape index (κ1) is 23.6. The molecule has 5 heteroatoms. The monoisotopic (exact) mass is 507 g/mol. The summed E-state index contributed by atoms with van der Waals surface area (Å²) in [5, 5.41) is 0.524. The van der Waals surface area contributed by atoms with Gasteiger partial charge < -0.3 is 0 Å². The lowest BCUT2D eigenvalue weighted by molar-refractivity contribution is -0.00995. The Labute approximate surface area is 220 Å². The molecular weight excluding hydrogens is 469 g/mol. The molecule has 6 fully saturated rings. The molecule has 6 aliphatic carbocycles. The van der Waals surface area contributed by atoms with Crippen LogP contribution in [-0.2, 0) is 10.8 Å². The van der Waals surface area contributed by atoms with Crippen LogP contribution in [0.3, 0.4) is 0 Å². The van der Waals surface area contributed by atoms with E-state index in [1.54, 1.807) is 12.1 Å². The topological polar surface area (TPSA) is 38.7 Å². The molecular formula is C31H39ClFN3. The van der Waals surface area contributed by atoms with Crippen molar-refractivity contribution >= 4 is 11.6 Å². The van der Waals surface area contributed by atoms with Gasteiger partial charge in [0.25, 0.3) is 0 Å². The van der Waals surface area contributed by atoms with E-state index in [2.05, 4.69) is 13.8 Å². The van der Waals surface area contributed by atoms with E-state index in [4.69, 9.17) is 26.6 Å². The molecule has 192 valence electrons. The number of benzene rings is 1. The van der Waals surface area contributed by atoms with Crippen LogP contribution >= 0.6 is 11.6 Å². The molecule has 2 unspecified atom stereocenters. The van der Waals surface area contributed by atoms with Crippen LogP contribution in [0.5, 0.6) is 0 Å². The fourth-order valence-electron chi connectivity index (χ4n) is 10.1. The van der Waals surface area contributed by atoms with E-state index in [9.17, 15) is 0 Å². The number of rotatable bonds is 4. The van der Waals surface area contributed by atoms with Gasteiger partial charge in [-0.25, -0.2) is 19.3 Å². The van der Waals surface area contributed by atoms with Crippen molar-refractivity contribution in [2.45, 2.75) is 102 Å². The Morgan fingerprint density at radius 3 is 1.94 bits per heavy atom. The molecule has 8 rings (SSSR count). The number of halogens is 2. The van der Waals surface area contributed by atoms with Crippen molar-refractivity contribution in [3.63, 3.8) is 0 Å². The average molecular weight is 508 g/mol. The van der Waals surface area contributed by atoms with E-state index >= 15 is 4.39 Å². The second-order valence-electron chi connectivity index (χ2n) is 13.7. The van der Waals surface area contributed by atoms with Gasteiger partial charge in [-0.1, -0.05) is 25.4 Å². The predicted molar refractivity (Wildman–Crippen MR) is 141 cm³/mol. The van der Waals surface area contributed by atoms with Gasteiger partial charge in [0.2, 0.25) is 0 Å². The van der Waals surface area contributed by atoms with Crippen LogP contribution in [-0.4, -0.2) is 15.0 Å². The Bertz CT molecular complexity index is 1130. The maximum Gasteiger partial charge on any atom is 0.166 e. The highest BCUT2D eigenvalue weighted by Crippen LogP contribution is 2.60. The third-order valence-corrected chi connectivity index (χ3v) is 11.2. The van der Waals surface area contributed by atoms with Crippen molar-refractivity contribution in [3.8, 4) is 11.4 Å². The fourth-order valence-corrected chi connectivity index (χ4v) is 10.2. The van der Waals surface area contributed by atoms with Gasteiger partial charge in [-0.3, -0.25) is 0 Å². The predicted octanol–water partition coefficient (Wildman–Crippen LogP) is 8.29. The zero-order chi connectivity index (χ0) is 24.7. The smallest absolute Gasteiger partial charge is 0.166 e. The van der Waals surface area contributed by atoms with Crippen LogP contribution in [0.2, 0.25) is 5.02 Å². The van der Waals surface area contributed by atoms with Crippen molar-refractivity contribution in [2.75, 3.05) is 0 Å². The van der Waals surface area contributed by atoms with E-state index in [1.807, 2.05) is 0 Å². The molecule has 6 bridgehead atoms. The highest BCUT2D eigenvalue weighted by Gasteiger charge is 2.54. The normalized spacial score (nSPS) is 41.0. The maximum atomic E-state index is 15.2. The molecule has 36 heavy (non-hydrogen) atoms. The van der Waals surface area contributed by atoms with Crippen LogP contribution < -0.4 is 0 Å². The second-order valence-corrected chi connectivity index (χ2v) is 14.2. The van der Waals surface area contributed by atoms with Gasteiger partial charge in [0.15, 0.2) is 5.82 Å². The Balaban J connectivity index is 1.38. The van der Waals surface area contributed by atoms with Crippen LogP contribution in [0, 0.1) is 41.3 Å². The van der Waals surface area contributed by atoms with E-state index in [-0.39, 0.29) is 16.6 Å². The first-order valence-corrected chi connectivity index (χ1v) is 14.9. The lowest BCUT2D eigenvalue weighted by Gasteiger charge is -2.56. The lowest BCUT2D eigenvalue weighted by Crippen LogP contribution is -2.50. The Morgan fingerprint density at radius 1 is 0.806 bits per heavy atom. The van der Waals surface area contributed by atoms with Gasteiger partial charge in [-0.2, -0.15) is 0 Å². The molecule has 0 saturated heterocycles. The molecule has 3 nitrogen and oxygen atoms in total. The van der Waals surface area contributed by atoms with Gasteiger partial charge in [-0.05, 0) is 131 Å². The van der Waals surface area contributed by atoms with E-state index in [0.717, 1.165) is 66.4 Å². The summed E-state index contributed by atoms with van der Waals surface area (Å²) in [4.78, 5) is 15.7. The first-order chi connectivity index (χ1) is 17.3. The Hall–Kier alpha value is -1.55. The molecule has 0 aliphatic heterocycles. The largest absolute Gasteiger partial charge is 0.217 e. The van der Waals surface area contributed by atoms with Gasteiger partial charge in [-0.15, -0.1) is 0 Å². The van der Waals surface area contributed by atoms with Crippen molar-refractivity contribution in [1.29, 1.82) is 0 Å².